The molecule has 0 radical (unpaired) electrons. The normalized spacial score (nSPS) is 13.1. The molecule has 1 rings (SSSR count). The topological polar surface area (TPSA) is 24.9 Å². The summed E-state index contributed by atoms with van der Waals surface area (Å²) in [6, 6.07) is 4.76. The second kappa shape index (κ2) is 5.86. The van der Waals surface area contributed by atoms with E-state index in [1.165, 1.54) is 12.0 Å². The smallest absolute Gasteiger partial charge is 0.0375 e. The van der Waals surface area contributed by atoms with Gasteiger partial charge in [-0.1, -0.05) is 20.8 Å². The highest BCUT2D eigenvalue weighted by Crippen LogP contribution is 2.21. The van der Waals surface area contributed by atoms with Crippen LogP contribution >= 0.6 is 0 Å². The van der Waals surface area contributed by atoms with Gasteiger partial charge in [0.25, 0.3) is 0 Å². The molecule has 1 atom stereocenters. The van der Waals surface area contributed by atoms with Crippen molar-refractivity contribution >= 4 is 0 Å². The van der Waals surface area contributed by atoms with E-state index in [-0.39, 0.29) is 0 Å². The third-order valence-electron chi connectivity index (χ3n) is 2.48. The first-order valence-electron chi connectivity index (χ1n) is 5.79. The van der Waals surface area contributed by atoms with E-state index in [0.717, 1.165) is 12.2 Å². The molecule has 0 saturated carbocycles. The Morgan fingerprint density at radius 2 is 2.13 bits per heavy atom. The number of rotatable bonds is 5. The molecule has 15 heavy (non-hydrogen) atoms. The fourth-order valence-corrected chi connectivity index (χ4v) is 1.84. The van der Waals surface area contributed by atoms with Crippen molar-refractivity contribution in [3.8, 4) is 0 Å². The zero-order valence-electron chi connectivity index (χ0n) is 10.2. The lowest BCUT2D eigenvalue weighted by atomic mass is 9.97. The van der Waals surface area contributed by atoms with Gasteiger partial charge in [-0.2, -0.15) is 0 Å². The van der Waals surface area contributed by atoms with E-state index in [0.29, 0.717) is 12.0 Å². The minimum absolute atomic E-state index is 0.469. The van der Waals surface area contributed by atoms with Crippen LogP contribution in [0.3, 0.4) is 0 Å². The highest BCUT2D eigenvalue weighted by atomic mass is 14.9. The monoisotopic (exact) mass is 206 g/mol. The fourth-order valence-electron chi connectivity index (χ4n) is 1.84. The lowest BCUT2D eigenvalue weighted by Gasteiger charge is -2.20. The molecule has 0 aliphatic rings. The van der Waals surface area contributed by atoms with Crippen molar-refractivity contribution in [2.75, 3.05) is 6.54 Å². The second-order valence-corrected chi connectivity index (χ2v) is 4.47. The van der Waals surface area contributed by atoms with Crippen molar-refractivity contribution < 1.29 is 0 Å². The van der Waals surface area contributed by atoms with Crippen LogP contribution in [-0.4, -0.2) is 11.5 Å². The van der Waals surface area contributed by atoms with Crippen LogP contribution < -0.4 is 5.32 Å². The summed E-state index contributed by atoms with van der Waals surface area (Å²) in [6.45, 7) is 9.73. The van der Waals surface area contributed by atoms with Crippen molar-refractivity contribution in [2.24, 2.45) is 5.92 Å². The average molecular weight is 206 g/mol. The molecule has 2 nitrogen and oxygen atoms in total. The minimum Gasteiger partial charge on any atom is -0.310 e. The molecule has 0 aliphatic heterocycles. The van der Waals surface area contributed by atoms with E-state index >= 15 is 0 Å². The molecule has 0 aromatic carbocycles. The third-order valence-corrected chi connectivity index (χ3v) is 2.48. The molecule has 84 valence electrons. The zero-order chi connectivity index (χ0) is 11.3. The molecular formula is C13H22N2. The first-order chi connectivity index (χ1) is 7.13. The summed E-state index contributed by atoms with van der Waals surface area (Å²) >= 11 is 0. The molecule has 0 aliphatic carbocycles. The lowest BCUT2D eigenvalue weighted by molar-refractivity contribution is 0.438. The summed E-state index contributed by atoms with van der Waals surface area (Å²) in [7, 11) is 0. The van der Waals surface area contributed by atoms with Crippen molar-refractivity contribution in [1.82, 2.24) is 10.3 Å². The molecule has 1 aromatic heterocycles. The Morgan fingerprint density at radius 1 is 1.40 bits per heavy atom. The number of aryl methyl sites for hydroxylation is 1. The summed E-state index contributed by atoms with van der Waals surface area (Å²) < 4.78 is 0. The van der Waals surface area contributed by atoms with Crippen LogP contribution in [0.1, 0.15) is 44.5 Å². The van der Waals surface area contributed by atoms with Gasteiger partial charge in [0, 0.05) is 17.9 Å². The van der Waals surface area contributed by atoms with Gasteiger partial charge in [-0.3, -0.25) is 4.98 Å². The molecule has 1 N–H and O–H groups in total. The maximum atomic E-state index is 4.23. The maximum absolute atomic E-state index is 4.23. The van der Waals surface area contributed by atoms with E-state index in [1.807, 2.05) is 13.1 Å². The number of nitrogens with zero attached hydrogens (tertiary/aromatic N) is 1. The number of hydrogen-bond acceptors (Lipinski definition) is 2. The van der Waals surface area contributed by atoms with Crippen LogP contribution in [0.15, 0.2) is 18.3 Å². The highest BCUT2D eigenvalue weighted by molar-refractivity contribution is 5.19. The van der Waals surface area contributed by atoms with Crippen molar-refractivity contribution in [3.63, 3.8) is 0 Å². The van der Waals surface area contributed by atoms with Crippen LogP contribution in [0.25, 0.3) is 0 Å². The Kier molecular flexibility index (Phi) is 4.76. The van der Waals surface area contributed by atoms with E-state index in [2.05, 4.69) is 43.2 Å². The Labute approximate surface area is 93.1 Å². The first kappa shape index (κ1) is 12.2. The third kappa shape index (κ3) is 4.00. The van der Waals surface area contributed by atoms with Crippen LogP contribution in [0.4, 0.5) is 0 Å². The van der Waals surface area contributed by atoms with Gasteiger partial charge in [-0.05, 0) is 43.5 Å². The van der Waals surface area contributed by atoms with Gasteiger partial charge in [-0.25, -0.2) is 0 Å². The molecule has 0 amide bonds. The molecule has 1 heterocycles. The van der Waals surface area contributed by atoms with Crippen LogP contribution in [0, 0.1) is 12.8 Å². The van der Waals surface area contributed by atoms with Crippen LogP contribution in [0.5, 0.6) is 0 Å². The standard InChI is InChI=1S/C13H22N2/c1-5-14-13(8-10(2)3)12-6-7-15-11(4)9-12/h6-7,9-10,13-14H,5,8H2,1-4H3. The summed E-state index contributed by atoms with van der Waals surface area (Å²) in [5.41, 5.74) is 2.46. The molecule has 0 fully saturated rings. The SMILES string of the molecule is CCNC(CC(C)C)c1ccnc(C)c1. The highest BCUT2D eigenvalue weighted by Gasteiger charge is 2.11. The summed E-state index contributed by atoms with van der Waals surface area (Å²) in [5, 5.41) is 3.53. The Morgan fingerprint density at radius 3 is 2.67 bits per heavy atom. The van der Waals surface area contributed by atoms with Gasteiger partial charge in [0.2, 0.25) is 0 Å². The predicted molar refractivity (Wildman–Crippen MR) is 64.8 cm³/mol. The molecule has 1 unspecified atom stereocenters. The van der Waals surface area contributed by atoms with E-state index in [4.69, 9.17) is 0 Å². The first-order valence-corrected chi connectivity index (χ1v) is 5.79. The predicted octanol–water partition coefficient (Wildman–Crippen LogP) is 3.09. The summed E-state index contributed by atoms with van der Waals surface area (Å²) in [6.07, 6.45) is 3.08. The van der Waals surface area contributed by atoms with Crippen molar-refractivity contribution in [3.05, 3.63) is 29.6 Å². The maximum Gasteiger partial charge on any atom is 0.0375 e. The summed E-state index contributed by atoms with van der Waals surface area (Å²) in [4.78, 5) is 4.23. The quantitative estimate of drug-likeness (QED) is 0.800. The number of pyridine rings is 1. The number of nitrogens with one attached hydrogen (secondary N) is 1. The zero-order valence-corrected chi connectivity index (χ0v) is 10.2. The van der Waals surface area contributed by atoms with Crippen molar-refractivity contribution in [1.29, 1.82) is 0 Å². The van der Waals surface area contributed by atoms with Gasteiger partial charge >= 0.3 is 0 Å². The second-order valence-electron chi connectivity index (χ2n) is 4.47. The summed E-state index contributed by atoms with van der Waals surface area (Å²) in [5.74, 6) is 0.711. The molecular weight excluding hydrogens is 184 g/mol. The Bertz CT molecular complexity index is 294. The van der Waals surface area contributed by atoms with Crippen molar-refractivity contribution in [2.45, 2.75) is 40.2 Å². The molecule has 0 saturated heterocycles. The average Bonchev–Trinajstić information content (AvgIpc) is 2.16. The number of aromatic nitrogens is 1. The molecule has 0 bridgehead atoms. The van der Waals surface area contributed by atoms with Gasteiger partial charge in [0.05, 0.1) is 0 Å². The lowest BCUT2D eigenvalue weighted by Crippen LogP contribution is -2.22. The van der Waals surface area contributed by atoms with Crippen LogP contribution in [-0.2, 0) is 0 Å². The minimum atomic E-state index is 0.469. The van der Waals surface area contributed by atoms with E-state index < -0.39 is 0 Å². The van der Waals surface area contributed by atoms with Gasteiger partial charge in [-0.15, -0.1) is 0 Å². The van der Waals surface area contributed by atoms with Gasteiger partial charge < -0.3 is 5.32 Å². The Hall–Kier alpha value is -0.890. The molecule has 2 heteroatoms. The molecule has 1 aromatic rings. The van der Waals surface area contributed by atoms with Gasteiger partial charge in [0.15, 0.2) is 0 Å². The Balaban J connectivity index is 2.78. The number of hydrogen-bond donors (Lipinski definition) is 1. The largest absolute Gasteiger partial charge is 0.310 e. The van der Waals surface area contributed by atoms with Crippen LogP contribution in [0.2, 0.25) is 0 Å². The molecule has 0 spiro atoms. The van der Waals surface area contributed by atoms with E-state index in [9.17, 15) is 0 Å². The van der Waals surface area contributed by atoms with E-state index in [1.54, 1.807) is 0 Å². The fraction of sp³-hybridized carbons (Fsp3) is 0.615. The van der Waals surface area contributed by atoms with Gasteiger partial charge in [0.1, 0.15) is 0 Å².